The molecule has 2 N–H and O–H groups in total. The summed E-state index contributed by atoms with van der Waals surface area (Å²) in [6.07, 6.45) is 7.23. The molecule has 0 amide bonds. The van der Waals surface area contributed by atoms with Gasteiger partial charge < -0.3 is 5.73 Å². The molecule has 0 aliphatic carbocycles. The van der Waals surface area contributed by atoms with Crippen molar-refractivity contribution in [3.63, 3.8) is 0 Å². The maximum Gasteiger partial charge on any atom is 0.0237 e. The molecule has 1 aliphatic heterocycles. The Morgan fingerprint density at radius 3 is 2.83 bits per heavy atom. The molecule has 2 nitrogen and oxygen atoms in total. The Morgan fingerprint density at radius 2 is 2.06 bits per heavy atom. The van der Waals surface area contributed by atoms with Gasteiger partial charge in [0.05, 0.1) is 0 Å². The van der Waals surface area contributed by atoms with Crippen LogP contribution in [0.15, 0.2) is 42.0 Å². The van der Waals surface area contributed by atoms with Gasteiger partial charge in [0, 0.05) is 13.1 Å². The number of rotatable bonds is 5. The van der Waals surface area contributed by atoms with Crippen LogP contribution in [0.2, 0.25) is 0 Å². The largest absolute Gasteiger partial charge is 0.330 e. The zero-order chi connectivity index (χ0) is 12.6. The molecule has 18 heavy (non-hydrogen) atoms. The maximum atomic E-state index is 5.53. The van der Waals surface area contributed by atoms with Gasteiger partial charge in [-0.15, -0.1) is 0 Å². The zero-order valence-corrected chi connectivity index (χ0v) is 11.1. The minimum Gasteiger partial charge on any atom is -0.330 e. The summed E-state index contributed by atoms with van der Waals surface area (Å²) < 4.78 is 0. The topological polar surface area (TPSA) is 29.3 Å². The summed E-state index contributed by atoms with van der Waals surface area (Å²) >= 11 is 0. The molecule has 0 aromatic heterocycles. The van der Waals surface area contributed by atoms with Crippen LogP contribution in [0.1, 0.15) is 31.2 Å². The number of nitrogens with two attached hydrogens (primary N) is 1. The molecule has 0 spiro atoms. The second-order valence-corrected chi connectivity index (χ2v) is 5.09. The van der Waals surface area contributed by atoms with Gasteiger partial charge in [0.15, 0.2) is 0 Å². The van der Waals surface area contributed by atoms with Crippen molar-refractivity contribution in [2.45, 2.75) is 32.2 Å². The molecule has 0 atom stereocenters. The van der Waals surface area contributed by atoms with Crippen molar-refractivity contribution in [1.82, 2.24) is 4.90 Å². The van der Waals surface area contributed by atoms with Crippen molar-refractivity contribution in [1.29, 1.82) is 0 Å². The highest BCUT2D eigenvalue weighted by atomic mass is 15.1. The fourth-order valence-electron chi connectivity index (χ4n) is 2.54. The molecule has 1 aromatic carbocycles. The Labute approximate surface area is 110 Å². The Hall–Kier alpha value is -1.12. The molecule has 0 bridgehead atoms. The molecule has 1 fully saturated rings. The summed E-state index contributed by atoms with van der Waals surface area (Å²) in [5, 5.41) is 0. The fraction of sp³-hybridized carbons (Fsp3) is 0.500. The number of hydrogen-bond acceptors (Lipinski definition) is 2. The molecule has 1 saturated heterocycles. The first-order chi connectivity index (χ1) is 8.88. The van der Waals surface area contributed by atoms with E-state index in [0.29, 0.717) is 0 Å². The van der Waals surface area contributed by atoms with Crippen molar-refractivity contribution in [3.05, 3.63) is 47.5 Å². The number of allylic oxidation sites excluding steroid dienone is 1. The van der Waals surface area contributed by atoms with Crippen LogP contribution in [0.5, 0.6) is 0 Å². The Kier molecular flexibility index (Phi) is 5.43. The summed E-state index contributed by atoms with van der Waals surface area (Å²) in [5.74, 6) is 0. The monoisotopic (exact) mass is 244 g/mol. The molecule has 2 rings (SSSR count). The predicted molar refractivity (Wildman–Crippen MR) is 77.3 cm³/mol. The minimum atomic E-state index is 0.803. The summed E-state index contributed by atoms with van der Waals surface area (Å²) in [6, 6.07) is 10.8. The summed E-state index contributed by atoms with van der Waals surface area (Å²) in [4.78, 5) is 2.55. The smallest absolute Gasteiger partial charge is 0.0237 e. The van der Waals surface area contributed by atoms with Crippen LogP contribution in [0, 0.1) is 0 Å². The van der Waals surface area contributed by atoms with Crippen LogP contribution in [0.3, 0.4) is 0 Å². The molecule has 98 valence electrons. The molecule has 1 aromatic rings. The van der Waals surface area contributed by atoms with Gasteiger partial charge in [-0.1, -0.05) is 42.0 Å². The predicted octanol–water partition coefficient (Wildman–Crippen LogP) is 2.95. The van der Waals surface area contributed by atoms with Crippen molar-refractivity contribution in [2.75, 3.05) is 19.6 Å². The third-order valence-corrected chi connectivity index (χ3v) is 3.49. The lowest BCUT2D eigenvalue weighted by atomic mass is 10.0. The van der Waals surface area contributed by atoms with Crippen LogP contribution in [0.4, 0.5) is 0 Å². The first-order valence-electron chi connectivity index (χ1n) is 7.03. The van der Waals surface area contributed by atoms with E-state index in [9.17, 15) is 0 Å². The Morgan fingerprint density at radius 1 is 1.22 bits per heavy atom. The fourth-order valence-corrected chi connectivity index (χ4v) is 2.54. The van der Waals surface area contributed by atoms with Gasteiger partial charge in [-0.3, -0.25) is 4.90 Å². The Bertz CT molecular complexity index is 370. The van der Waals surface area contributed by atoms with E-state index in [1.165, 1.54) is 24.9 Å². The second-order valence-electron chi connectivity index (χ2n) is 5.09. The van der Waals surface area contributed by atoms with E-state index >= 15 is 0 Å². The number of nitrogens with zero attached hydrogens (tertiary/aromatic N) is 1. The number of likely N-dealkylation sites (tertiary alicyclic amines) is 1. The average molecular weight is 244 g/mol. The van der Waals surface area contributed by atoms with Crippen LogP contribution in [-0.2, 0) is 6.54 Å². The third kappa shape index (κ3) is 4.28. The van der Waals surface area contributed by atoms with Gasteiger partial charge in [0.2, 0.25) is 0 Å². The van der Waals surface area contributed by atoms with Gasteiger partial charge in [-0.2, -0.15) is 0 Å². The second kappa shape index (κ2) is 7.34. The maximum absolute atomic E-state index is 5.53. The molecule has 2 heteroatoms. The van der Waals surface area contributed by atoms with Gasteiger partial charge >= 0.3 is 0 Å². The highest BCUT2D eigenvalue weighted by molar-refractivity contribution is 5.15. The van der Waals surface area contributed by atoms with E-state index < -0.39 is 0 Å². The lowest BCUT2D eigenvalue weighted by molar-refractivity contribution is 0.257. The quantitative estimate of drug-likeness (QED) is 0.637. The van der Waals surface area contributed by atoms with E-state index in [0.717, 1.165) is 32.5 Å². The Balaban J connectivity index is 1.85. The lowest BCUT2D eigenvalue weighted by Crippen LogP contribution is -2.30. The first-order valence-corrected chi connectivity index (χ1v) is 7.03. The van der Waals surface area contributed by atoms with Gasteiger partial charge in [-0.05, 0) is 44.3 Å². The van der Waals surface area contributed by atoms with E-state index in [2.05, 4.69) is 41.3 Å². The van der Waals surface area contributed by atoms with E-state index in [1.807, 2.05) is 0 Å². The van der Waals surface area contributed by atoms with Crippen LogP contribution in [-0.4, -0.2) is 24.5 Å². The van der Waals surface area contributed by atoms with Crippen molar-refractivity contribution in [3.8, 4) is 0 Å². The number of benzene rings is 1. The SMILES string of the molecule is NCCC/C=C1\CCCN(Cc2ccccc2)C1. The molecule has 0 saturated carbocycles. The van der Waals surface area contributed by atoms with Crippen molar-refractivity contribution < 1.29 is 0 Å². The average Bonchev–Trinajstić information content (AvgIpc) is 2.41. The normalized spacial score (nSPS) is 19.3. The van der Waals surface area contributed by atoms with Gasteiger partial charge in [-0.25, -0.2) is 0 Å². The first kappa shape index (κ1) is 13.3. The van der Waals surface area contributed by atoms with E-state index in [4.69, 9.17) is 5.73 Å². The van der Waals surface area contributed by atoms with Crippen LogP contribution >= 0.6 is 0 Å². The third-order valence-electron chi connectivity index (χ3n) is 3.49. The molecule has 0 radical (unpaired) electrons. The summed E-state index contributed by atoms with van der Waals surface area (Å²) in [7, 11) is 0. The van der Waals surface area contributed by atoms with Crippen LogP contribution < -0.4 is 5.73 Å². The molecular weight excluding hydrogens is 220 g/mol. The van der Waals surface area contributed by atoms with Crippen LogP contribution in [0.25, 0.3) is 0 Å². The van der Waals surface area contributed by atoms with E-state index in [1.54, 1.807) is 5.57 Å². The van der Waals surface area contributed by atoms with E-state index in [-0.39, 0.29) is 0 Å². The van der Waals surface area contributed by atoms with Gasteiger partial charge in [0.25, 0.3) is 0 Å². The summed E-state index contributed by atoms with van der Waals surface area (Å²) in [6.45, 7) is 4.25. The molecule has 1 heterocycles. The standard InChI is InChI=1S/C16H24N2/c17-11-5-4-9-16-10-6-12-18(14-16)13-15-7-2-1-3-8-15/h1-3,7-9H,4-6,10-14,17H2/b16-9+. The van der Waals surface area contributed by atoms with Crippen molar-refractivity contribution in [2.24, 2.45) is 5.73 Å². The lowest BCUT2D eigenvalue weighted by Gasteiger charge is -2.28. The molecular formula is C16H24N2. The van der Waals surface area contributed by atoms with Gasteiger partial charge in [0.1, 0.15) is 0 Å². The number of hydrogen-bond donors (Lipinski definition) is 1. The number of piperidine rings is 1. The highest BCUT2D eigenvalue weighted by Crippen LogP contribution is 2.18. The molecule has 0 unspecified atom stereocenters. The van der Waals surface area contributed by atoms with Crippen molar-refractivity contribution >= 4 is 0 Å². The zero-order valence-electron chi connectivity index (χ0n) is 11.1. The minimum absolute atomic E-state index is 0.803. The summed E-state index contributed by atoms with van der Waals surface area (Å²) in [5.41, 5.74) is 8.55. The molecule has 1 aliphatic rings. The number of unbranched alkanes of at least 4 members (excludes halogenated alkanes) is 1. The highest BCUT2D eigenvalue weighted by Gasteiger charge is 2.13.